The molecule has 7 nitrogen and oxygen atoms in total. The molecule has 0 saturated heterocycles. The van der Waals surface area contributed by atoms with Crippen LogP contribution in [0.1, 0.15) is 27.9 Å². The number of fused-ring (bicyclic) bond motifs is 1. The molecule has 1 aliphatic rings. The van der Waals surface area contributed by atoms with Gasteiger partial charge in [-0.3, -0.25) is 14.3 Å². The number of hydrogen-bond acceptors (Lipinski definition) is 5. The number of sulfonamides is 1. The molecule has 0 atom stereocenters. The number of rotatable bonds is 5. The zero-order chi connectivity index (χ0) is 23.6. The van der Waals surface area contributed by atoms with Crippen LogP contribution in [0, 0.1) is 13.8 Å². The van der Waals surface area contributed by atoms with Crippen LogP contribution in [0.15, 0.2) is 70.5 Å². The van der Waals surface area contributed by atoms with Gasteiger partial charge in [-0.2, -0.15) is 0 Å². The van der Waals surface area contributed by atoms with Crippen LogP contribution in [0.2, 0.25) is 0 Å². The Morgan fingerprint density at radius 3 is 2.61 bits per heavy atom. The lowest BCUT2D eigenvalue weighted by atomic mass is 10.1. The van der Waals surface area contributed by atoms with E-state index in [0.717, 1.165) is 10.5 Å². The fourth-order valence-electron chi connectivity index (χ4n) is 3.45. The maximum Gasteiger partial charge on any atom is 0.262 e. The molecule has 0 aliphatic carbocycles. The van der Waals surface area contributed by atoms with Gasteiger partial charge >= 0.3 is 0 Å². The van der Waals surface area contributed by atoms with Crippen molar-refractivity contribution >= 4 is 50.7 Å². The summed E-state index contributed by atoms with van der Waals surface area (Å²) in [4.78, 5) is 25.7. The highest BCUT2D eigenvalue weighted by Crippen LogP contribution is 2.32. The first-order valence-electron chi connectivity index (χ1n) is 10.3. The molecule has 0 bridgehead atoms. The van der Waals surface area contributed by atoms with Crippen molar-refractivity contribution in [1.29, 1.82) is 0 Å². The van der Waals surface area contributed by atoms with E-state index < -0.39 is 15.9 Å². The number of aryl methyl sites for hydroxylation is 2. The quantitative estimate of drug-likeness (QED) is 0.486. The Labute approximate surface area is 197 Å². The third kappa shape index (κ3) is 5.37. The summed E-state index contributed by atoms with van der Waals surface area (Å²) in [5.74, 6) is 0.190. The van der Waals surface area contributed by atoms with E-state index in [1.807, 2.05) is 13.0 Å². The normalized spacial score (nSPS) is 13.5. The molecule has 3 aromatic carbocycles. The second kappa shape index (κ2) is 9.29. The highest BCUT2D eigenvalue weighted by molar-refractivity contribution is 7.99. The minimum absolute atomic E-state index is 0.0763. The third-order valence-electron chi connectivity index (χ3n) is 5.11. The van der Waals surface area contributed by atoms with Crippen molar-refractivity contribution in [3.05, 3.63) is 77.4 Å². The smallest absolute Gasteiger partial charge is 0.262 e. The van der Waals surface area contributed by atoms with Gasteiger partial charge in [0.2, 0.25) is 5.91 Å². The van der Waals surface area contributed by atoms with Gasteiger partial charge in [-0.1, -0.05) is 18.2 Å². The predicted molar refractivity (Wildman–Crippen MR) is 132 cm³/mol. The Morgan fingerprint density at radius 1 is 1.00 bits per heavy atom. The largest absolute Gasteiger partial charge is 0.325 e. The summed E-state index contributed by atoms with van der Waals surface area (Å²) in [6.45, 7) is 3.58. The number of thioether (sulfide) groups is 1. The van der Waals surface area contributed by atoms with Crippen LogP contribution in [0.4, 0.5) is 17.1 Å². The molecule has 1 aliphatic heterocycles. The number of anilines is 3. The summed E-state index contributed by atoms with van der Waals surface area (Å²) < 4.78 is 28.6. The fourth-order valence-corrected chi connectivity index (χ4v) is 5.71. The van der Waals surface area contributed by atoms with Crippen LogP contribution in [0.25, 0.3) is 0 Å². The number of benzene rings is 3. The molecule has 4 rings (SSSR count). The molecule has 9 heteroatoms. The summed E-state index contributed by atoms with van der Waals surface area (Å²) in [6, 6.07) is 16.9. The van der Waals surface area contributed by atoms with E-state index in [0.29, 0.717) is 40.4 Å². The Kier molecular flexibility index (Phi) is 6.44. The third-order valence-corrected chi connectivity index (χ3v) is 7.71. The van der Waals surface area contributed by atoms with E-state index in [1.54, 1.807) is 67.2 Å². The molecule has 3 N–H and O–H groups in total. The molecule has 1 heterocycles. The molecule has 33 heavy (non-hydrogen) atoms. The highest BCUT2D eigenvalue weighted by atomic mass is 32.2. The van der Waals surface area contributed by atoms with Crippen molar-refractivity contribution in [3.63, 3.8) is 0 Å². The first-order chi connectivity index (χ1) is 15.7. The maximum atomic E-state index is 13.0. The standard InChI is InChI=1S/C24H23N3O4S2/c1-15-4-3-5-19(12-15)27-33(30,31)22-14-18(8-6-16(22)2)25-24(29)17-7-9-21-20(13-17)26-23(28)10-11-32-21/h3-9,12-14,27H,10-11H2,1-2H3,(H,25,29)(H,26,28). The van der Waals surface area contributed by atoms with E-state index in [1.165, 1.54) is 6.07 Å². The van der Waals surface area contributed by atoms with Gasteiger partial charge in [0.05, 0.1) is 10.6 Å². The van der Waals surface area contributed by atoms with Crippen molar-refractivity contribution in [2.45, 2.75) is 30.1 Å². The number of carbonyl (C=O) groups excluding carboxylic acids is 2. The first kappa shape index (κ1) is 22.9. The highest BCUT2D eigenvalue weighted by Gasteiger charge is 2.20. The van der Waals surface area contributed by atoms with E-state index in [4.69, 9.17) is 0 Å². The number of hydrogen-bond donors (Lipinski definition) is 3. The van der Waals surface area contributed by atoms with E-state index in [-0.39, 0.29) is 10.8 Å². The molecule has 170 valence electrons. The van der Waals surface area contributed by atoms with Crippen molar-refractivity contribution in [2.24, 2.45) is 0 Å². The van der Waals surface area contributed by atoms with Crippen molar-refractivity contribution in [1.82, 2.24) is 0 Å². The zero-order valence-corrected chi connectivity index (χ0v) is 19.8. The second-order valence-corrected chi connectivity index (χ2v) is 10.6. The number of carbonyl (C=O) groups is 2. The number of nitrogens with one attached hydrogen (secondary N) is 3. The van der Waals surface area contributed by atoms with Gasteiger partial charge in [0, 0.05) is 34.0 Å². The lowest BCUT2D eigenvalue weighted by molar-refractivity contribution is -0.115. The van der Waals surface area contributed by atoms with Gasteiger partial charge in [0.15, 0.2) is 0 Å². The topological polar surface area (TPSA) is 104 Å². The summed E-state index contributed by atoms with van der Waals surface area (Å²) >= 11 is 1.56. The summed E-state index contributed by atoms with van der Waals surface area (Å²) in [5.41, 5.74) is 3.27. The van der Waals surface area contributed by atoms with Crippen molar-refractivity contribution in [2.75, 3.05) is 21.1 Å². The van der Waals surface area contributed by atoms with Gasteiger partial charge in [-0.25, -0.2) is 8.42 Å². The van der Waals surface area contributed by atoms with Crippen LogP contribution in [0.5, 0.6) is 0 Å². The number of amides is 2. The Bertz CT molecular complexity index is 1350. The van der Waals surface area contributed by atoms with Gasteiger partial charge in [0.25, 0.3) is 15.9 Å². The molecule has 2 amide bonds. The second-order valence-electron chi connectivity index (χ2n) is 7.77. The van der Waals surface area contributed by atoms with Gasteiger partial charge in [-0.05, 0) is 67.4 Å². The lowest BCUT2D eigenvalue weighted by Gasteiger charge is -2.14. The maximum absolute atomic E-state index is 13.0. The van der Waals surface area contributed by atoms with E-state index in [2.05, 4.69) is 15.4 Å². The molecule has 0 saturated carbocycles. The zero-order valence-electron chi connectivity index (χ0n) is 18.1. The minimum atomic E-state index is -3.86. The van der Waals surface area contributed by atoms with Crippen LogP contribution in [0.3, 0.4) is 0 Å². The predicted octanol–water partition coefficient (Wildman–Crippen LogP) is 4.79. The molecular formula is C24H23N3O4S2. The summed E-state index contributed by atoms with van der Waals surface area (Å²) in [7, 11) is -3.86. The molecule has 3 aromatic rings. The van der Waals surface area contributed by atoms with Crippen molar-refractivity contribution < 1.29 is 18.0 Å². The van der Waals surface area contributed by atoms with Crippen LogP contribution < -0.4 is 15.4 Å². The average Bonchev–Trinajstić information content (AvgIpc) is 2.94. The summed E-state index contributed by atoms with van der Waals surface area (Å²) in [5, 5.41) is 5.57. The molecule has 0 spiro atoms. The molecular weight excluding hydrogens is 458 g/mol. The average molecular weight is 482 g/mol. The molecule has 0 radical (unpaired) electrons. The first-order valence-corrected chi connectivity index (χ1v) is 12.8. The Morgan fingerprint density at radius 2 is 1.82 bits per heavy atom. The lowest BCUT2D eigenvalue weighted by Crippen LogP contribution is -2.16. The SMILES string of the molecule is Cc1cccc(NS(=O)(=O)c2cc(NC(=O)c3ccc4c(c3)NC(=O)CCS4)ccc2C)c1. The Hall–Kier alpha value is -3.30. The molecule has 0 unspecified atom stereocenters. The Balaban J connectivity index is 1.57. The monoisotopic (exact) mass is 481 g/mol. The minimum Gasteiger partial charge on any atom is -0.325 e. The van der Waals surface area contributed by atoms with Crippen LogP contribution >= 0.6 is 11.8 Å². The molecule has 0 aromatic heterocycles. The van der Waals surface area contributed by atoms with E-state index >= 15 is 0 Å². The van der Waals surface area contributed by atoms with E-state index in [9.17, 15) is 18.0 Å². The van der Waals surface area contributed by atoms with Gasteiger partial charge in [0.1, 0.15) is 0 Å². The van der Waals surface area contributed by atoms with Crippen molar-refractivity contribution in [3.8, 4) is 0 Å². The van der Waals surface area contributed by atoms with Crippen LogP contribution in [-0.2, 0) is 14.8 Å². The summed E-state index contributed by atoms with van der Waals surface area (Å²) in [6.07, 6.45) is 0.415. The van der Waals surface area contributed by atoms with Gasteiger partial charge in [-0.15, -0.1) is 11.8 Å². The van der Waals surface area contributed by atoms with Crippen LogP contribution in [-0.4, -0.2) is 26.0 Å². The van der Waals surface area contributed by atoms with Gasteiger partial charge < -0.3 is 10.6 Å². The fraction of sp³-hybridized carbons (Fsp3) is 0.167. The molecule has 0 fully saturated rings.